The summed E-state index contributed by atoms with van der Waals surface area (Å²) < 4.78 is 7.96. The van der Waals surface area contributed by atoms with Crippen LogP contribution in [-0.2, 0) is 17.8 Å². The number of benzene rings is 1. The quantitative estimate of drug-likeness (QED) is 0.738. The molecule has 2 aromatic heterocycles. The minimum Gasteiger partial charge on any atom is -0.368 e. The lowest BCUT2D eigenvalue weighted by molar-refractivity contribution is -0.0391. The third-order valence-electron chi connectivity index (χ3n) is 4.47. The molecule has 6 nitrogen and oxygen atoms in total. The highest BCUT2D eigenvalue weighted by molar-refractivity contribution is 5.78. The molecule has 24 heavy (non-hydrogen) atoms. The Kier molecular flexibility index (Phi) is 4.23. The maximum atomic E-state index is 5.92. The SMILES string of the molecule is CCn1cnnc1[C@@H]1CN(Cc2ccc3ccccc3n2)CCO1. The fourth-order valence-corrected chi connectivity index (χ4v) is 3.18. The minimum atomic E-state index is -0.0262. The summed E-state index contributed by atoms with van der Waals surface area (Å²) in [5, 5.41) is 9.43. The molecule has 1 aliphatic heterocycles. The van der Waals surface area contributed by atoms with Crippen molar-refractivity contribution in [3.63, 3.8) is 0 Å². The fraction of sp³-hybridized carbons (Fsp3) is 0.389. The molecule has 1 aromatic carbocycles. The number of hydrogen-bond acceptors (Lipinski definition) is 5. The second-order valence-electron chi connectivity index (χ2n) is 6.06. The number of pyridine rings is 1. The van der Waals surface area contributed by atoms with E-state index >= 15 is 0 Å². The summed E-state index contributed by atoms with van der Waals surface area (Å²) in [5.41, 5.74) is 2.14. The Hall–Kier alpha value is -2.31. The van der Waals surface area contributed by atoms with Crippen LogP contribution in [0.4, 0.5) is 0 Å². The number of para-hydroxylation sites is 1. The molecule has 3 aromatic rings. The first-order valence-corrected chi connectivity index (χ1v) is 8.40. The van der Waals surface area contributed by atoms with Gasteiger partial charge in [0.05, 0.1) is 17.8 Å². The highest BCUT2D eigenvalue weighted by atomic mass is 16.5. The van der Waals surface area contributed by atoms with Crippen molar-refractivity contribution < 1.29 is 4.74 Å². The van der Waals surface area contributed by atoms with Crippen molar-refractivity contribution in [2.75, 3.05) is 19.7 Å². The van der Waals surface area contributed by atoms with E-state index in [9.17, 15) is 0 Å². The van der Waals surface area contributed by atoms with E-state index in [1.165, 1.54) is 5.39 Å². The van der Waals surface area contributed by atoms with Crippen LogP contribution in [0.15, 0.2) is 42.7 Å². The summed E-state index contributed by atoms with van der Waals surface area (Å²) >= 11 is 0. The Morgan fingerprint density at radius 3 is 3.04 bits per heavy atom. The summed E-state index contributed by atoms with van der Waals surface area (Å²) in [7, 11) is 0. The maximum absolute atomic E-state index is 5.92. The average Bonchev–Trinajstić information content (AvgIpc) is 3.11. The van der Waals surface area contributed by atoms with Crippen molar-refractivity contribution in [3.05, 3.63) is 54.2 Å². The number of aromatic nitrogens is 4. The molecule has 0 saturated carbocycles. The van der Waals surface area contributed by atoms with Gasteiger partial charge in [0.15, 0.2) is 5.82 Å². The number of nitrogens with zero attached hydrogens (tertiary/aromatic N) is 5. The predicted molar refractivity (Wildman–Crippen MR) is 91.4 cm³/mol. The normalized spacial score (nSPS) is 19.0. The molecule has 1 atom stereocenters. The zero-order valence-corrected chi connectivity index (χ0v) is 13.8. The van der Waals surface area contributed by atoms with E-state index in [1.54, 1.807) is 6.33 Å². The van der Waals surface area contributed by atoms with Gasteiger partial charge in [-0.15, -0.1) is 10.2 Å². The van der Waals surface area contributed by atoms with Gasteiger partial charge in [-0.2, -0.15) is 0 Å². The van der Waals surface area contributed by atoms with E-state index in [4.69, 9.17) is 9.72 Å². The van der Waals surface area contributed by atoms with Gasteiger partial charge >= 0.3 is 0 Å². The number of rotatable bonds is 4. The van der Waals surface area contributed by atoms with E-state index in [0.29, 0.717) is 6.61 Å². The predicted octanol–water partition coefficient (Wildman–Crippen LogP) is 2.42. The maximum Gasteiger partial charge on any atom is 0.163 e. The van der Waals surface area contributed by atoms with Gasteiger partial charge in [-0.05, 0) is 19.1 Å². The van der Waals surface area contributed by atoms with Crippen LogP contribution in [0.2, 0.25) is 0 Å². The van der Waals surface area contributed by atoms with Crippen molar-refractivity contribution in [1.82, 2.24) is 24.6 Å². The Labute approximate surface area is 141 Å². The molecular weight excluding hydrogens is 302 g/mol. The number of aryl methyl sites for hydroxylation is 1. The van der Waals surface area contributed by atoms with Gasteiger partial charge in [-0.1, -0.05) is 24.3 Å². The van der Waals surface area contributed by atoms with E-state index < -0.39 is 0 Å². The molecule has 0 amide bonds. The van der Waals surface area contributed by atoms with Crippen LogP contribution in [0.5, 0.6) is 0 Å². The number of ether oxygens (including phenoxy) is 1. The first-order valence-electron chi connectivity index (χ1n) is 8.40. The van der Waals surface area contributed by atoms with Crippen LogP contribution in [-0.4, -0.2) is 44.3 Å². The Morgan fingerprint density at radius 1 is 1.21 bits per heavy atom. The molecule has 1 saturated heterocycles. The second-order valence-corrected chi connectivity index (χ2v) is 6.06. The van der Waals surface area contributed by atoms with Crippen molar-refractivity contribution in [2.45, 2.75) is 26.1 Å². The molecule has 0 bridgehead atoms. The molecule has 3 heterocycles. The molecule has 0 N–H and O–H groups in total. The molecule has 0 spiro atoms. The highest BCUT2D eigenvalue weighted by Gasteiger charge is 2.26. The van der Waals surface area contributed by atoms with Crippen LogP contribution < -0.4 is 0 Å². The second kappa shape index (κ2) is 6.67. The van der Waals surface area contributed by atoms with E-state index in [0.717, 1.165) is 43.2 Å². The van der Waals surface area contributed by atoms with Gasteiger partial charge in [-0.3, -0.25) is 9.88 Å². The molecule has 0 aliphatic carbocycles. The van der Waals surface area contributed by atoms with Crippen molar-refractivity contribution in [2.24, 2.45) is 0 Å². The third kappa shape index (κ3) is 3.02. The van der Waals surface area contributed by atoms with Gasteiger partial charge in [0.25, 0.3) is 0 Å². The van der Waals surface area contributed by atoms with Gasteiger partial charge in [0, 0.05) is 31.6 Å². The van der Waals surface area contributed by atoms with Gasteiger partial charge < -0.3 is 9.30 Å². The largest absolute Gasteiger partial charge is 0.368 e. The molecule has 1 aliphatic rings. The molecule has 124 valence electrons. The van der Waals surface area contributed by atoms with Gasteiger partial charge in [0.2, 0.25) is 0 Å². The van der Waals surface area contributed by atoms with Crippen LogP contribution in [0.3, 0.4) is 0 Å². The van der Waals surface area contributed by atoms with Crippen molar-refractivity contribution in [3.8, 4) is 0 Å². The number of hydrogen-bond donors (Lipinski definition) is 0. The molecule has 0 unspecified atom stereocenters. The topological polar surface area (TPSA) is 56.1 Å². The number of morpholine rings is 1. The third-order valence-corrected chi connectivity index (χ3v) is 4.47. The van der Waals surface area contributed by atoms with Gasteiger partial charge in [-0.25, -0.2) is 0 Å². The van der Waals surface area contributed by atoms with Crippen molar-refractivity contribution >= 4 is 10.9 Å². The zero-order valence-electron chi connectivity index (χ0n) is 13.8. The van der Waals surface area contributed by atoms with E-state index in [2.05, 4.69) is 46.3 Å². The fourth-order valence-electron chi connectivity index (χ4n) is 3.18. The molecule has 4 rings (SSSR count). The lowest BCUT2D eigenvalue weighted by Crippen LogP contribution is -2.38. The van der Waals surface area contributed by atoms with Crippen LogP contribution in [0, 0.1) is 0 Å². The molecule has 6 heteroatoms. The Bertz CT molecular complexity index is 831. The van der Waals surface area contributed by atoms with E-state index in [1.807, 2.05) is 16.7 Å². The lowest BCUT2D eigenvalue weighted by Gasteiger charge is -2.32. The standard InChI is InChI=1S/C18H21N5O/c1-2-23-13-19-21-18(23)17-12-22(9-10-24-17)11-15-8-7-14-5-3-4-6-16(14)20-15/h3-8,13,17H,2,9-12H2,1H3/t17-/m0/s1. The Morgan fingerprint density at radius 2 is 2.12 bits per heavy atom. The van der Waals surface area contributed by atoms with Crippen molar-refractivity contribution in [1.29, 1.82) is 0 Å². The Balaban J connectivity index is 1.49. The molecule has 1 fully saturated rings. The van der Waals surface area contributed by atoms with Gasteiger partial charge in [0.1, 0.15) is 12.4 Å². The number of fused-ring (bicyclic) bond motifs is 1. The zero-order chi connectivity index (χ0) is 16.4. The van der Waals surface area contributed by atoms with Crippen LogP contribution in [0.1, 0.15) is 24.5 Å². The monoisotopic (exact) mass is 323 g/mol. The first-order chi connectivity index (χ1) is 11.8. The first kappa shape index (κ1) is 15.2. The highest BCUT2D eigenvalue weighted by Crippen LogP contribution is 2.22. The lowest BCUT2D eigenvalue weighted by atomic mass is 10.2. The summed E-state index contributed by atoms with van der Waals surface area (Å²) in [6, 6.07) is 12.5. The van der Waals surface area contributed by atoms with Crippen LogP contribution >= 0.6 is 0 Å². The minimum absolute atomic E-state index is 0.0262. The summed E-state index contributed by atoms with van der Waals surface area (Å²) in [5.74, 6) is 0.911. The molecule has 0 radical (unpaired) electrons. The summed E-state index contributed by atoms with van der Waals surface area (Å²) in [4.78, 5) is 7.15. The average molecular weight is 323 g/mol. The molecular formula is C18H21N5O. The smallest absolute Gasteiger partial charge is 0.163 e. The summed E-state index contributed by atoms with van der Waals surface area (Å²) in [6.07, 6.45) is 1.74. The van der Waals surface area contributed by atoms with E-state index in [-0.39, 0.29) is 6.10 Å². The van der Waals surface area contributed by atoms with Crippen LogP contribution in [0.25, 0.3) is 10.9 Å². The summed E-state index contributed by atoms with van der Waals surface area (Å²) in [6.45, 7) is 6.19.